The maximum atomic E-state index is 13.5. The second kappa shape index (κ2) is 12.0. The second-order valence-electron chi connectivity index (χ2n) is 8.66. The minimum Gasteiger partial charge on any atom is -0.483 e. The number of ether oxygens (including phenoxy) is 1. The zero-order valence-corrected chi connectivity index (χ0v) is 20.5. The van der Waals surface area contributed by atoms with Gasteiger partial charge in [-0.05, 0) is 56.0 Å². The van der Waals surface area contributed by atoms with E-state index in [0.29, 0.717) is 25.3 Å². The van der Waals surface area contributed by atoms with Crippen molar-refractivity contribution in [1.82, 2.24) is 10.2 Å². The van der Waals surface area contributed by atoms with Gasteiger partial charge in [-0.3, -0.25) is 9.59 Å². The highest BCUT2D eigenvalue weighted by molar-refractivity contribution is 5.88. The summed E-state index contributed by atoms with van der Waals surface area (Å²) in [4.78, 5) is 28.4. The summed E-state index contributed by atoms with van der Waals surface area (Å²) in [6.07, 6.45) is 0.424. The van der Waals surface area contributed by atoms with Crippen molar-refractivity contribution in [3.8, 4) is 5.75 Å². The number of amides is 2. The number of aryl methyl sites for hydroxylation is 3. The van der Waals surface area contributed by atoms with Crippen LogP contribution in [0.5, 0.6) is 5.75 Å². The van der Waals surface area contributed by atoms with Crippen molar-refractivity contribution in [1.29, 1.82) is 0 Å². The van der Waals surface area contributed by atoms with Crippen LogP contribution in [0.25, 0.3) is 0 Å². The van der Waals surface area contributed by atoms with E-state index in [1.807, 2.05) is 100 Å². The molecule has 0 unspecified atom stereocenters. The Morgan fingerprint density at radius 2 is 1.56 bits per heavy atom. The van der Waals surface area contributed by atoms with E-state index in [1.54, 1.807) is 4.90 Å². The molecule has 0 spiro atoms. The van der Waals surface area contributed by atoms with Crippen LogP contribution in [0.3, 0.4) is 0 Å². The van der Waals surface area contributed by atoms with Crippen molar-refractivity contribution in [3.63, 3.8) is 0 Å². The van der Waals surface area contributed by atoms with E-state index in [0.717, 1.165) is 27.8 Å². The van der Waals surface area contributed by atoms with Crippen LogP contribution in [0.4, 0.5) is 0 Å². The van der Waals surface area contributed by atoms with E-state index in [2.05, 4.69) is 5.32 Å². The number of hydrogen-bond acceptors (Lipinski definition) is 3. The van der Waals surface area contributed by atoms with Gasteiger partial charge in [0.05, 0.1) is 0 Å². The third kappa shape index (κ3) is 6.95. The van der Waals surface area contributed by atoms with E-state index < -0.39 is 6.04 Å². The van der Waals surface area contributed by atoms with Crippen LogP contribution in [0.1, 0.15) is 34.7 Å². The number of benzene rings is 3. The first-order valence-electron chi connectivity index (χ1n) is 11.7. The van der Waals surface area contributed by atoms with Gasteiger partial charge in [-0.15, -0.1) is 0 Å². The molecule has 0 aromatic heterocycles. The van der Waals surface area contributed by atoms with Gasteiger partial charge in [0.2, 0.25) is 5.91 Å². The lowest BCUT2D eigenvalue weighted by molar-refractivity contribution is -0.142. The molecular weight excluding hydrogens is 424 g/mol. The number of likely N-dealkylation sites (N-methyl/N-ethyl adjacent to an activating group) is 1. The lowest BCUT2D eigenvalue weighted by Gasteiger charge is -2.31. The summed E-state index contributed by atoms with van der Waals surface area (Å²) in [5.74, 6) is 0.286. The van der Waals surface area contributed by atoms with Crippen LogP contribution in [-0.2, 0) is 22.6 Å². The number of carbonyl (C=O) groups excluding carboxylic acids is 2. The first-order chi connectivity index (χ1) is 16.4. The van der Waals surface area contributed by atoms with Gasteiger partial charge < -0.3 is 15.0 Å². The molecule has 1 atom stereocenters. The fourth-order valence-corrected chi connectivity index (χ4v) is 3.82. The van der Waals surface area contributed by atoms with Crippen molar-refractivity contribution < 1.29 is 14.3 Å². The van der Waals surface area contributed by atoms with Gasteiger partial charge in [-0.25, -0.2) is 0 Å². The zero-order valence-electron chi connectivity index (χ0n) is 20.5. The number of hydrogen-bond donors (Lipinski definition) is 1. The van der Waals surface area contributed by atoms with Crippen LogP contribution in [-0.4, -0.2) is 35.9 Å². The SMILES string of the molecule is CCNC(=O)[C@@H](Cc1ccccc1)N(Cc1ccc(C)cc1)C(=O)COc1cc(C)ccc1C. The highest BCUT2D eigenvalue weighted by atomic mass is 16.5. The van der Waals surface area contributed by atoms with Gasteiger partial charge >= 0.3 is 0 Å². The monoisotopic (exact) mass is 458 g/mol. The molecule has 34 heavy (non-hydrogen) atoms. The van der Waals surface area contributed by atoms with Gasteiger partial charge in [0, 0.05) is 19.5 Å². The number of rotatable bonds is 10. The Labute approximate surface area is 202 Å². The molecular formula is C29H34N2O3. The standard InChI is InChI=1S/C29H34N2O3/c1-5-30-29(33)26(18-24-9-7-6-8-10-24)31(19-25-15-12-21(2)13-16-25)28(32)20-34-27-17-22(3)11-14-23(27)4/h6-17,26H,5,18-20H2,1-4H3,(H,30,33)/t26-/m1/s1. The predicted octanol–water partition coefficient (Wildman–Crippen LogP) is 4.77. The van der Waals surface area contributed by atoms with E-state index in [9.17, 15) is 9.59 Å². The normalized spacial score (nSPS) is 11.5. The minimum atomic E-state index is -0.654. The first kappa shape index (κ1) is 25.0. The van der Waals surface area contributed by atoms with Gasteiger partial charge in [-0.1, -0.05) is 72.3 Å². The molecule has 0 radical (unpaired) electrons. The Hall–Kier alpha value is -3.60. The minimum absolute atomic E-state index is 0.138. The van der Waals surface area contributed by atoms with Crippen molar-refractivity contribution in [2.45, 2.75) is 46.7 Å². The Kier molecular flexibility index (Phi) is 8.86. The fraction of sp³-hybridized carbons (Fsp3) is 0.310. The lowest BCUT2D eigenvalue weighted by atomic mass is 10.0. The molecule has 0 heterocycles. The van der Waals surface area contributed by atoms with Gasteiger partial charge in [-0.2, -0.15) is 0 Å². The largest absolute Gasteiger partial charge is 0.483 e. The molecule has 0 aliphatic rings. The van der Waals surface area contributed by atoms with Gasteiger partial charge in [0.15, 0.2) is 6.61 Å². The Bertz CT molecular complexity index is 1090. The summed E-state index contributed by atoms with van der Waals surface area (Å²) in [5, 5.41) is 2.91. The van der Waals surface area contributed by atoms with Crippen molar-refractivity contribution in [3.05, 3.63) is 101 Å². The van der Waals surface area contributed by atoms with Crippen molar-refractivity contribution in [2.75, 3.05) is 13.2 Å². The topological polar surface area (TPSA) is 58.6 Å². The first-order valence-corrected chi connectivity index (χ1v) is 11.7. The van der Waals surface area contributed by atoms with Crippen molar-refractivity contribution >= 4 is 11.8 Å². The summed E-state index contributed by atoms with van der Waals surface area (Å²) in [7, 11) is 0. The maximum Gasteiger partial charge on any atom is 0.261 e. The molecule has 5 nitrogen and oxygen atoms in total. The van der Waals surface area contributed by atoms with E-state index in [-0.39, 0.29) is 18.4 Å². The smallest absolute Gasteiger partial charge is 0.261 e. The lowest BCUT2D eigenvalue weighted by Crippen LogP contribution is -2.51. The molecule has 0 bridgehead atoms. The summed E-state index contributed by atoms with van der Waals surface area (Å²) >= 11 is 0. The fourth-order valence-electron chi connectivity index (χ4n) is 3.82. The number of nitrogens with one attached hydrogen (secondary N) is 1. The highest BCUT2D eigenvalue weighted by Crippen LogP contribution is 2.20. The molecule has 0 saturated carbocycles. The summed E-state index contributed by atoms with van der Waals surface area (Å²) in [6.45, 7) is 8.53. The van der Waals surface area contributed by atoms with E-state index in [1.165, 1.54) is 0 Å². The highest BCUT2D eigenvalue weighted by Gasteiger charge is 2.30. The van der Waals surface area contributed by atoms with Gasteiger partial charge in [0.1, 0.15) is 11.8 Å². The molecule has 0 aliphatic carbocycles. The summed E-state index contributed by atoms with van der Waals surface area (Å²) in [5.41, 5.74) is 5.13. The number of carbonyl (C=O) groups is 2. The van der Waals surface area contributed by atoms with Crippen LogP contribution in [0.15, 0.2) is 72.8 Å². The van der Waals surface area contributed by atoms with Crippen LogP contribution >= 0.6 is 0 Å². The van der Waals surface area contributed by atoms with Crippen LogP contribution in [0.2, 0.25) is 0 Å². The Balaban J connectivity index is 1.90. The Morgan fingerprint density at radius 3 is 2.24 bits per heavy atom. The molecule has 0 saturated heterocycles. The zero-order chi connectivity index (χ0) is 24.5. The van der Waals surface area contributed by atoms with Crippen molar-refractivity contribution in [2.24, 2.45) is 0 Å². The summed E-state index contributed by atoms with van der Waals surface area (Å²) in [6, 6.07) is 23.1. The molecule has 2 amide bonds. The van der Waals surface area contributed by atoms with Crippen LogP contribution in [0, 0.1) is 20.8 Å². The van der Waals surface area contributed by atoms with Gasteiger partial charge in [0.25, 0.3) is 5.91 Å². The second-order valence-corrected chi connectivity index (χ2v) is 8.66. The van der Waals surface area contributed by atoms with E-state index >= 15 is 0 Å². The molecule has 0 aliphatic heterocycles. The maximum absolute atomic E-state index is 13.5. The average Bonchev–Trinajstić information content (AvgIpc) is 2.83. The quantitative estimate of drug-likeness (QED) is 0.476. The molecule has 3 aromatic carbocycles. The van der Waals surface area contributed by atoms with Crippen LogP contribution < -0.4 is 10.1 Å². The average molecular weight is 459 g/mol. The molecule has 0 fully saturated rings. The molecule has 3 aromatic rings. The number of nitrogens with zero attached hydrogens (tertiary/aromatic N) is 1. The molecule has 178 valence electrons. The molecule has 1 N–H and O–H groups in total. The Morgan fingerprint density at radius 1 is 0.882 bits per heavy atom. The predicted molar refractivity (Wildman–Crippen MR) is 136 cm³/mol. The van der Waals surface area contributed by atoms with E-state index in [4.69, 9.17) is 4.74 Å². The molecule has 5 heteroatoms. The third-order valence-corrected chi connectivity index (χ3v) is 5.79. The summed E-state index contributed by atoms with van der Waals surface area (Å²) < 4.78 is 5.93. The molecule has 3 rings (SSSR count). The third-order valence-electron chi connectivity index (χ3n) is 5.79.